The van der Waals surface area contributed by atoms with Crippen molar-refractivity contribution >= 4 is 11.8 Å². The molecule has 5 atom stereocenters. The number of aromatic nitrogens is 4. The van der Waals surface area contributed by atoms with E-state index in [1.54, 1.807) is 0 Å². The number of aryl methyl sites for hydroxylation is 1. The second-order valence-electron chi connectivity index (χ2n) is 9.82. The quantitative estimate of drug-likeness (QED) is 0.581. The number of hydrogen-bond donors (Lipinski definition) is 1. The molecule has 4 heterocycles. The molecule has 2 bridgehead atoms. The summed E-state index contributed by atoms with van der Waals surface area (Å²) < 4.78 is 48.1. The summed E-state index contributed by atoms with van der Waals surface area (Å²) in [5, 5.41) is 11.8. The van der Waals surface area contributed by atoms with Gasteiger partial charge in [-0.1, -0.05) is 35.5 Å². The standard InChI is InChI=1S/C24H27F3N6O/c1-14-11-20(34-31-14)32-12-16-7-8-17(13-32)21(16)28-23-29-22-18(15-5-3-2-4-6-15)9-10-19(24(25,26)27)33(22)30-23/h2-6,11,16-19,21H,7-10,12-13H2,1H3,(H,28,30)/t16-,17+,18?,19?,21?. The largest absolute Gasteiger partial charge is 0.410 e. The Morgan fingerprint density at radius 1 is 1.03 bits per heavy atom. The van der Waals surface area contributed by atoms with E-state index in [0.29, 0.717) is 30.0 Å². The Kier molecular flexibility index (Phi) is 5.07. The van der Waals surface area contributed by atoms with Crippen LogP contribution in [0.3, 0.4) is 0 Å². The zero-order chi connectivity index (χ0) is 23.4. The van der Waals surface area contributed by atoms with Crippen molar-refractivity contribution in [2.75, 3.05) is 23.3 Å². The summed E-state index contributed by atoms with van der Waals surface area (Å²) in [6.07, 6.45) is -1.86. The lowest BCUT2D eigenvalue weighted by molar-refractivity contribution is -0.175. The maximum Gasteiger partial charge on any atom is 0.410 e. The van der Waals surface area contributed by atoms with Gasteiger partial charge < -0.3 is 14.7 Å². The molecular weight excluding hydrogens is 445 g/mol. The van der Waals surface area contributed by atoms with Gasteiger partial charge in [-0.15, -0.1) is 5.10 Å². The van der Waals surface area contributed by atoms with Crippen LogP contribution in [0.15, 0.2) is 40.9 Å². The first-order chi connectivity index (χ1) is 16.4. The third-order valence-corrected chi connectivity index (χ3v) is 7.63. The molecule has 1 aromatic carbocycles. The first-order valence-electron chi connectivity index (χ1n) is 11.9. The van der Waals surface area contributed by atoms with E-state index in [-0.39, 0.29) is 18.4 Å². The summed E-state index contributed by atoms with van der Waals surface area (Å²) in [5.41, 5.74) is 1.82. The summed E-state index contributed by atoms with van der Waals surface area (Å²) in [5.74, 6) is 1.96. The van der Waals surface area contributed by atoms with Crippen LogP contribution in [-0.2, 0) is 0 Å². The minimum atomic E-state index is -4.36. The number of fused-ring (bicyclic) bond motifs is 3. The number of benzene rings is 1. The minimum Gasteiger partial charge on any atom is -0.350 e. The van der Waals surface area contributed by atoms with Gasteiger partial charge in [-0.05, 0) is 50.0 Å². The Balaban J connectivity index is 1.26. The zero-order valence-corrected chi connectivity index (χ0v) is 18.9. The second kappa shape index (κ2) is 8.02. The maximum atomic E-state index is 13.8. The number of nitrogens with one attached hydrogen (secondary N) is 1. The van der Waals surface area contributed by atoms with Crippen molar-refractivity contribution < 1.29 is 17.7 Å². The van der Waals surface area contributed by atoms with Crippen molar-refractivity contribution in [1.29, 1.82) is 0 Å². The molecule has 1 aliphatic carbocycles. The van der Waals surface area contributed by atoms with E-state index in [0.717, 1.165) is 47.8 Å². The minimum absolute atomic E-state index is 0.000894. The molecule has 0 amide bonds. The third-order valence-electron chi connectivity index (χ3n) is 7.63. The van der Waals surface area contributed by atoms with Crippen LogP contribution in [0.4, 0.5) is 25.0 Å². The van der Waals surface area contributed by atoms with Gasteiger partial charge in [0.05, 0.1) is 5.69 Å². The molecule has 3 aromatic rings. The fourth-order valence-corrected chi connectivity index (χ4v) is 6.03. The average molecular weight is 473 g/mol. The molecule has 2 fully saturated rings. The van der Waals surface area contributed by atoms with Crippen LogP contribution < -0.4 is 10.2 Å². The average Bonchev–Trinajstić information content (AvgIpc) is 3.48. The van der Waals surface area contributed by atoms with Gasteiger partial charge in [0.1, 0.15) is 11.9 Å². The van der Waals surface area contributed by atoms with Crippen molar-refractivity contribution in [3.63, 3.8) is 0 Å². The summed E-state index contributed by atoms with van der Waals surface area (Å²) in [4.78, 5) is 6.86. The van der Waals surface area contributed by atoms with E-state index in [1.165, 1.54) is 0 Å². The Labute approximate surface area is 195 Å². The van der Waals surface area contributed by atoms with Crippen LogP contribution in [0.2, 0.25) is 0 Å². The summed E-state index contributed by atoms with van der Waals surface area (Å²) in [7, 11) is 0. The van der Waals surface area contributed by atoms with Crippen molar-refractivity contribution in [2.45, 2.75) is 56.8 Å². The first-order valence-corrected chi connectivity index (χ1v) is 11.9. The Morgan fingerprint density at radius 3 is 2.41 bits per heavy atom. The molecule has 1 saturated heterocycles. The van der Waals surface area contributed by atoms with Gasteiger partial charge in [0.2, 0.25) is 11.8 Å². The number of hydrogen-bond acceptors (Lipinski definition) is 6. The van der Waals surface area contributed by atoms with Crippen LogP contribution in [0, 0.1) is 18.8 Å². The van der Waals surface area contributed by atoms with Crippen LogP contribution in [-0.4, -0.2) is 45.2 Å². The molecule has 180 valence electrons. The number of nitrogens with zero attached hydrogens (tertiary/aromatic N) is 5. The van der Waals surface area contributed by atoms with E-state index in [9.17, 15) is 13.2 Å². The van der Waals surface area contributed by atoms with Crippen LogP contribution in [0.5, 0.6) is 0 Å². The molecule has 1 saturated carbocycles. The van der Waals surface area contributed by atoms with Gasteiger partial charge in [-0.3, -0.25) is 0 Å². The normalized spacial score (nSPS) is 28.7. The highest BCUT2D eigenvalue weighted by Gasteiger charge is 2.48. The highest BCUT2D eigenvalue weighted by molar-refractivity contribution is 5.40. The zero-order valence-electron chi connectivity index (χ0n) is 18.9. The molecule has 0 spiro atoms. The smallest absolute Gasteiger partial charge is 0.350 e. The van der Waals surface area contributed by atoms with E-state index < -0.39 is 12.2 Å². The van der Waals surface area contributed by atoms with E-state index in [4.69, 9.17) is 4.52 Å². The maximum absolute atomic E-state index is 13.8. The number of alkyl halides is 3. The number of halogens is 3. The lowest BCUT2D eigenvalue weighted by Crippen LogP contribution is -2.48. The summed E-state index contributed by atoms with van der Waals surface area (Å²) in [6, 6.07) is 10.1. The fraction of sp³-hybridized carbons (Fsp3) is 0.542. The molecule has 10 heteroatoms. The monoisotopic (exact) mass is 472 g/mol. The molecular formula is C24H27F3N6O. The third kappa shape index (κ3) is 3.73. The highest BCUT2D eigenvalue weighted by Crippen LogP contribution is 2.45. The predicted molar refractivity (Wildman–Crippen MR) is 120 cm³/mol. The van der Waals surface area contributed by atoms with E-state index in [2.05, 4.69) is 25.5 Å². The first kappa shape index (κ1) is 21.5. The van der Waals surface area contributed by atoms with Gasteiger partial charge in [0.25, 0.3) is 0 Å². The molecule has 3 aliphatic rings. The van der Waals surface area contributed by atoms with Crippen LogP contribution in [0.25, 0.3) is 0 Å². The molecule has 34 heavy (non-hydrogen) atoms. The number of anilines is 2. The van der Waals surface area contributed by atoms with Crippen molar-refractivity contribution in [1.82, 2.24) is 19.9 Å². The molecule has 2 aliphatic heterocycles. The van der Waals surface area contributed by atoms with Crippen LogP contribution >= 0.6 is 0 Å². The Bertz CT molecular complexity index is 1150. The van der Waals surface area contributed by atoms with Gasteiger partial charge in [-0.25, -0.2) is 4.68 Å². The van der Waals surface area contributed by atoms with Gasteiger partial charge in [0.15, 0.2) is 0 Å². The molecule has 2 aromatic heterocycles. The van der Waals surface area contributed by atoms with Gasteiger partial charge in [0, 0.05) is 31.1 Å². The molecule has 6 rings (SSSR count). The highest BCUT2D eigenvalue weighted by atomic mass is 19.4. The molecule has 7 nitrogen and oxygen atoms in total. The fourth-order valence-electron chi connectivity index (χ4n) is 6.03. The molecule has 3 unspecified atom stereocenters. The topological polar surface area (TPSA) is 72.0 Å². The SMILES string of the molecule is Cc1cc(N2C[C@H]3CC[C@@H](C2)C3Nc2nc3n(n2)C(C(F)(F)F)CCC3c2ccccc2)on1. The van der Waals surface area contributed by atoms with Gasteiger partial charge >= 0.3 is 6.18 Å². The van der Waals surface area contributed by atoms with Crippen molar-refractivity contribution in [3.8, 4) is 0 Å². The van der Waals surface area contributed by atoms with Crippen LogP contribution in [0.1, 0.15) is 54.7 Å². The number of rotatable bonds is 4. The second-order valence-corrected chi connectivity index (χ2v) is 9.82. The predicted octanol–water partition coefficient (Wildman–Crippen LogP) is 4.93. The Morgan fingerprint density at radius 2 is 1.76 bits per heavy atom. The Hall–Kier alpha value is -3.04. The van der Waals surface area contributed by atoms with Gasteiger partial charge in [-0.2, -0.15) is 18.2 Å². The molecule has 1 N–H and O–H groups in total. The molecule has 0 radical (unpaired) electrons. The number of piperidine rings is 1. The summed E-state index contributed by atoms with van der Waals surface area (Å²) >= 11 is 0. The van der Waals surface area contributed by atoms with E-state index >= 15 is 0 Å². The van der Waals surface area contributed by atoms with Crippen molar-refractivity contribution in [3.05, 3.63) is 53.5 Å². The van der Waals surface area contributed by atoms with E-state index in [1.807, 2.05) is 43.3 Å². The lowest BCUT2D eigenvalue weighted by atomic mass is 9.88. The van der Waals surface area contributed by atoms with Crippen molar-refractivity contribution in [2.24, 2.45) is 11.8 Å². The lowest BCUT2D eigenvalue weighted by Gasteiger charge is -2.37. The summed E-state index contributed by atoms with van der Waals surface area (Å²) in [6.45, 7) is 3.53.